The van der Waals surface area contributed by atoms with E-state index in [-0.39, 0.29) is 17.8 Å². The van der Waals surface area contributed by atoms with Crippen LogP contribution in [0.5, 0.6) is 0 Å². The Morgan fingerprint density at radius 3 is 2.31 bits per heavy atom. The summed E-state index contributed by atoms with van der Waals surface area (Å²) in [6, 6.07) is 7.98. The van der Waals surface area contributed by atoms with E-state index in [0.717, 1.165) is 30.0 Å². The first-order chi connectivity index (χ1) is 16.7. The standard InChI is InChI=1S/C28H38N2O5/c1-8-17(5)35-28(33)23-18(6)29-21-15-16(4)22(27(32)34-7)26(31)25(21)24(23)19-11-13-20(14-12-19)30(9-2)10-3/h11-14,16-17,22,24,29H,8-10,15H2,1-7H3. The highest BCUT2D eigenvalue weighted by atomic mass is 16.5. The fraction of sp³-hybridized carbons (Fsp3) is 0.536. The molecule has 0 saturated carbocycles. The normalized spacial score (nSPS) is 22.8. The molecule has 2 aliphatic rings. The first-order valence-electron chi connectivity index (χ1n) is 12.6. The lowest BCUT2D eigenvalue weighted by Gasteiger charge is -2.38. The van der Waals surface area contributed by atoms with E-state index in [9.17, 15) is 14.4 Å². The second-order valence-electron chi connectivity index (χ2n) is 9.42. The highest BCUT2D eigenvalue weighted by Gasteiger charge is 2.47. The average molecular weight is 483 g/mol. The van der Waals surface area contributed by atoms with Crippen molar-refractivity contribution in [2.75, 3.05) is 25.1 Å². The summed E-state index contributed by atoms with van der Waals surface area (Å²) in [6.07, 6.45) is 0.942. The summed E-state index contributed by atoms with van der Waals surface area (Å²) in [5.41, 5.74) is 4.19. The minimum Gasteiger partial charge on any atom is -0.468 e. The lowest BCUT2D eigenvalue weighted by atomic mass is 9.69. The van der Waals surface area contributed by atoms with Crippen LogP contribution in [0.3, 0.4) is 0 Å². The van der Waals surface area contributed by atoms with Gasteiger partial charge in [0.1, 0.15) is 5.92 Å². The van der Waals surface area contributed by atoms with E-state index < -0.39 is 23.8 Å². The Labute approximate surface area is 208 Å². The van der Waals surface area contributed by atoms with E-state index in [1.807, 2.05) is 52.0 Å². The predicted molar refractivity (Wildman–Crippen MR) is 136 cm³/mol. The number of hydrogen-bond donors (Lipinski definition) is 1. The molecule has 1 aliphatic heterocycles. The van der Waals surface area contributed by atoms with Crippen molar-refractivity contribution in [2.24, 2.45) is 11.8 Å². The molecule has 35 heavy (non-hydrogen) atoms. The van der Waals surface area contributed by atoms with Crippen molar-refractivity contribution in [3.8, 4) is 0 Å². The number of allylic oxidation sites excluding steroid dienone is 3. The summed E-state index contributed by atoms with van der Waals surface area (Å²) in [4.78, 5) is 42.0. The number of hydrogen-bond acceptors (Lipinski definition) is 7. The van der Waals surface area contributed by atoms with Crippen LogP contribution in [0.15, 0.2) is 46.8 Å². The maximum Gasteiger partial charge on any atom is 0.337 e. The molecule has 1 aromatic rings. The van der Waals surface area contributed by atoms with Gasteiger partial charge in [-0.2, -0.15) is 0 Å². The molecule has 0 amide bonds. The van der Waals surface area contributed by atoms with Gasteiger partial charge < -0.3 is 19.7 Å². The Kier molecular flexibility index (Phi) is 8.41. The minimum atomic E-state index is -0.900. The molecule has 1 aromatic carbocycles. The van der Waals surface area contributed by atoms with E-state index in [4.69, 9.17) is 9.47 Å². The molecule has 0 spiro atoms. The van der Waals surface area contributed by atoms with E-state index in [0.29, 0.717) is 29.7 Å². The molecule has 0 fully saturated rings. The van der Waals surface area contributed by atoms with E-state index >= 15 is 0 Å². The number of anilines is 1. The van der Waals surface area contributed by atoms with Crippen molar-refractivity contribution in [3.63, 3.8) is 0 Å². The number of carbonyl (C=O) groups excluding carboxylic acids is 3. The highest BCUT2D eigenvalue weighted by molar-refractivity contribution is 6.12. The van der Waals surface area contributed by atoms with Gasteiger partial charge in [0.25, 0.3) is 0 Å². The summed E-state index contributed by atoms with van der Waals surface area (Å²) >= 11 is 0. The van der Waals surface area contributed by atoms with Crippen LogP contribution in [-0.2, 0) is 23.9 Å². The number of Topliss-reactive ketones (excluding diaryl/α,β-unsaturated/α-hetero) is 1. The van der Waals surface area contributed by atoms with E-state index in [1.54, 1.807) is 0 Å². The molecule has 7 nitrogen and oxygen atoms in total. The van der Waals surface area contributed by atoms with Crippen molar-refractivity contribution in [3.05, 3.63) is 52.4 Å². The number of dihydropyridines is 1. The van der Waals surface area contributed by atoms with Crippen molar-refractivity contribution in [1.82, 2.24) is 5.32 Å². The molecule has 1 N–H and O–H groups in total. The maximum absolute atomic E-state index is 13.8. The van der Waals surface area contributed by atoms with Crippen LogP contribution in [0, 0.1) is 11.8 Å². The Hall–Kier alpha value is -3.09. The summed E-state index contributed by atoms with van der Waals surface area (Å²) in [5, 5.41) is 3.30. The molecule has 0 saturated heterocycles. The Bertz CT molecular complexity index is 1040. The SMILES string of the molecule is CCC(C)OC(=O)C1=C(C)NC2=C(C(=O)C(C(=O)OC)C(C)C2)C1c1ccc(N(CC)CC)cc1. The molecule has 4 atom stereocenters. The summed E-state index contributed by atoms with van der Waals surface area (Å²) in [6.45, 7) is 13.5. The van der Waals surface area contributed by atoms with Gasteiger partial charge in [-0.3, -0.25) is 9.59 Å². The minimum absolute atomic E-state index is 0.215. The zero-order valence-corrected chi connectivity index (χ0v) is 21.9. The zero-order chi connectivity index (χ0) is 25.9. The summed E-state index contributed by atoms with van der Waals surface area (Å²) < 4.78 is 10.7. The number of nitrogens with one attached hydrogen (secondary N) is 1. The number of carbonyl (C=O) groups is 3. The number of nitrogens with zero attached hydrogens (tertiary/aromatic N) is 1. The zero-order valence-electron chi connectivity index (χ0n) is 21.9. The van der Waals surface area contributed by atoms with Gasteiger partial charge in [0.15, 0.2) is 5.78 Å². The van der Waals surface area contributed by atoms with E-state index in [2.05, 4.69) is 24.1 Å². The summed E-state index contributed by atoms with van der Waals surface area (Å²) in [5.74, 6) is -3.02. The number of esters is 2. The third-order valence-electron chi connectivity index (χ3n) is 7.20. The van der Waals surface area contributed by atoms with E-state index in [1.165, 1.54) is 7.11 Å². The number of ketones is 1. The molecule has 3 rings (SSSR count). The lowest BCUT2D eigenvalue weighted by Crippen LogP contribution is -2.43. The van der Waals surface area contributed by atoms with Crippen LogP contribution in [0.2, 0.25) is 0 Å². The van der Waals surface area contributed by atoms with Gasteiger partial charge in [-0.05, 0) is 64.2 Å². The predicted octanol–water partition coefficient (Wildman–Crippen LogP) is 4.49. The lowest BCUT2D eigenvalue weighted by molar-refractivity contribution is -0.151. The number of benzene rings is 1. The van der Waals surface area contributed by atoms with Crippen molar-refractivity contribution in [1.29, 1.82) is 0 Å². The van der Waals surface area contributed by atoms with Gasteiger partial charge in [-0.15, -0.1) is 0 Å². The highest BCUT2D eigenvalue weighted by Crippen LogP contribution is 2.45. The first-order valence-corrected chi connectivity index (χ1v) is 12.6. The van der Waals surface area contributed by atoms with Gasteiger partial charge in [-0.25, -0.2) is 4.79 Å². The van der Waals surface area contributed by atoms with Gasteiger partial charge in [-0.1, -0.05) is 26.0 Å². The molecule has 1 aliphatic carbocycles. The first kappa shape index (κ1) is 26.5. The Morgan fingerprint density at radius 2 is 1.77 bits per heavy atom. The van der Waals surface area contributed by atoms with Crippen LogP contribution < -0.4 is 10.2 Å². The molecule has 4 unspecified atom stereocenters. The molecule has 0 aromatic heterocycles. The Morgan fingerprint density at radius 1 is 1.14 bits per heavy atom. The fourth-order valence-corrected chi connectivity index (χ4v) is 5.08. The van der Waals surface area contributed by atoms with Crippen LogP contribution in [0.25, 0.3) is 0 Å². The molecule has 7 heteroatoms. The van der Waals surface area contributed by atoms with Crippen molar-refractivity contribution < 1.29 is 23.9 Å². The Balaban J connectivity index is 2.15. The maximum atomic E-state index is 13.8. The monoisotopic (exact) mass is 482 g/mol. The van der Waals surface area contributed by atoms with Crippen molar-refractivity contribution in [2.45, 2.75) is 66.4 Å². The molecular formula is C28H38N2O5. The smallest absolute Gasteiger partial charge is 0.337 e. The summed E-state index contributed by atoms with van der Waals surface area (Å²) in [7, 11) is 1.30. The fourth-order valence-electron chi connectivity index (χ4n) is 5.08. The molecule has 0 bridgehead atoms. The molecule has 1 heterocycles. The topological polar surface area (TPSA) is 84.9 Å². The molecular weight excluding hydrogens is 444 g/mol. The van der Waals surface area contributed by atoms with Crippen molar-refractivity contribution >= 4 is 23.4 Å². The third-order valence-corrected chi connectivity index (χ3v) is 7.20. The van der Waals surface area contributed by atoms with Gasteiger partial charge in [0.2, 0.25) is 0 Å². The number of ether oxygens (including phenoxy) is 2. The van der Waals surface area contributed by atoms with Gasteiger partial charge in [0.05, 0.1) is 18.8 Å². The van der Waals surface area contributed by atoms with Gasteiger partial charge >= 0.3 is 11.9 Å². The second kappa shape index (κ2) is 11.1. The molecule has 0 radical (unpaired) electrons. The van der Waals surface area contributed by atoms with Crippen LogP contribution >= 0.6 is 0 Å². The molecule has 190 valence electrons. The van der Waals surface area contributed by atoms with Crippen LogP contribution in [0.1, 0.15) is 65.9 Å². The largest absolute Gasteiger partial charge is 0.468 e. The number of methoxy groups -OCH3 is 1. The van der Waals surface area contributed by atoms with Gasteiger partial charge in [0, 0.05) is 41.7 Å². The second-order valence-corrected chi connectivity index (χ2v) is 9.42. The number of rotatable bonds is 8. The third kappa shape index (κ3) is 5.14. The van der Waals surface area contributed by atoms with Crippen LogP contribution in [0.4, 0.5) is 5.69 Å². The quantitative estimate of drug-likeness (QED) is 0.432. The average Bonchev–Trinajstić information content (AvgIpc) is 2.83. The van der Waals surface area contributed by atoms with Crippen LogP contribution in [-0.4, -0.2) is 44.0 Å².